The van der Waals surface area contributed by atoms with Gasteiger partial charge in [0.2, 0.25) is 0 Å². The number of ether oxygens (including phenoxy) is 1. The summed E-state index contributed by atoms with van der Waals surface area (Å²) in [6.45, 7) is 4.02. The summed E-state index contributed by atoms with van der Waals surface area (Å²) in [5.74, 6) is -0.142. The van der Waals surface area contributed by atoms with Gasteiger partial charge < -0.3 is 4.74 Å². The molecule has 2 aromatic rings. The van der Waals surface area contributed by atoms with Crippen LogP contribution in [0.1, 0.15) is 42.6 Å². The summed E-state index contributed by atoms with van der Waals surface area (Å²) in [6.07, 6.45) is 1.55. The average molecular weight is 419 g/mol. The molecule has 0 aliphatic heterocycles. The van der Waals surface area contributed by atoms with Crippen molar-refractivity contribution in [1.82, 2.24) is 10.9 Å². The topological polar surface area (TPSA) is 67.4 Å². The molecule has 1 atom stereocenters. The zero-order valence-corrected chi connectivity index (χ0v) is 16.5. The quantitative estimate of drug-likeness (QED) is 0.667. The minimum atomic E-state index is -0.677. The second-order valence-corrected chi connectivity index (χ2v) is 6.76. The van der Waals surface area contributed by atoms with Gasteiger partial charge in [-0.15, -0.1) is 0 Å². The number of aryl methyl sites for hydroxylation is 1. The Morgan fingerprint density at radius 3 is 2.23 bits per heavy atom. The minimum absolute atomic E-state index is 0.361. The lowest BCUT2D eigenvalue weighted by molar-refractivity contribution is -0.129. The Balaban J connectivity index is 1.93. The van der Waals surface area contributed by atoms with E-state index in [2.05, 4.69) is 33.7 Å². The molecule has 0 spiro atoms. The van der Waals surface area contributed by atoms with E-state index in [4.69, 9.17) is 4.74 Å². The highest BCUT2D eigenvalue weighted by atomic mass is 79.9. The molecule has 0 heterocycles. The molecule has 0 aromatic heterocycles. The van der Waals surface area contributed by atoms with Crippen molar-refractivity contribution in [3.8, 4) is 5.75 Å². The van der Waals surface area contributed by atoms with E-state index in [0.717, 1.165) is 22.9 Å². The van der Waals surface area contributed by atoms with Gasteiger partial charge in [-0.05, 0) is 54.8 Å². The Morgan fingerprint density at radius 2 is 1.65 bits per heavy atom. The van der Waals surface area contributed by atoms with Crippen LogP contribution in [0.15, 0.2) is 53.0 Å². The molecule has 0 bridgehead atoms. The maximum atomic E-state index is 12.4. The van der Waals surface area contributed by atoms with Crippen molar-refractivity contribution in [3.05, 3.63) is 64.1 Å². The van der Waals surface area contributed by atoms with E-state index in [0.29, 0.717) is 17.7 Å². The summed E-state index contributed by atoms with van der Waals surface area (Å²) in [6, 6.07) is 14.5. The van der Waals surface area contributed by atoms with Gasteiger partial charge in [0.1, 0.15) is 5.75 Å². The van der Waals surface area contributed by atoms with E-state index in [9.17, 15) is 9.59 Å². The molecule has 0 unspecified atom stereocenters. The molecule has 0 radical (unpaired) electrons. The van der Waals surface area contributed by atoms with Crippen LogP contribution < -0.4 is 15.6 Å². The molecule has 0 saturated carbocycles. The fourth-order valence-corrected chi connectivity index (χ4v) is 2.61. The molecular formula is C20H23BrN2O3. The number of halogens is 1. The number of benzene rings is 2. The van der Waals surface area contributed by atoms with Crippen LogP contribution in [0.4, 0.5) is 0 Å². The van der Waals surface area contributed by atoms with Crippen molar-refractivity contribution in [2.45, 2.75) is 39.2 Å². The molecule has 2 amide bonds. The molecule has 138 valence electrons. The van der Waals surface area contributed by atoms with Gasteiger partial charge in [-0.2, -0.15) is 0 Å². The van der Waals surface area contributed by atoms with Crippen molar-refractivity contribution in [3.63, 3.8) is 0 Å². The van der Waals surface area contributed by atoms with Gasteiger partial charge >= 0.3 is 0 Å². The minimum Gasteiger partial charge on any atom is -0.481 e. The van der Waals surface area contributed by atoms with Crippen molar-refractivity contribution in [1.29, 1.82) is 0 Å². The maximum Gasteiger partial charge on any atom is 0.279 e. The number of hydrazine groups is 1. The molecule has 2 rings (SSSR count). The first kappa shape index (κ1) is 20.0. The number of hydrogen-bond donors (Lipinski definition) is 2. The molecule has 2 N–H and O–H groups in total. The predicted octanol–water partition coefficient (Wildman–Crippen LogP) is 4.02. The zero-order valence-electron chi connectivity index (χ0n) is 14.9. The highest BCUT2D eigenvalue weighted by Gasteiger charge is 2.20. The van der Waals surface area contributed by atoms with Gasteiger partial charge in [-0.3, -0.25) is 20.4 Å². The standard InChI is InChI=1S/C20H23BrN2O3/c1-3-5-18(26-17-12-10-16(21)11-13-17)20(25)23-22-19(24)15-8-6-14(4-2)7-9-15/h6-13,18H,3-5H2,1-2H3,(H,22,24)(H,23,25)/t18-/m1/s1. The van der Waals surface area contributed by atoms with Crippen molar-refractivity contribution < 1.29 is 14.3 Å². The normalized spacial score (nSPS) is 11.5. The van der Waals surface area contributed by atoms with Crippen LogP contribution >= 0.6 is 15.9 Å². The largest absolute Gasteiger partial charge is 0.481 e. The summed E-state index contributed by atoms with van der Waals surface area (Å²) in [5.41, 5.74) is 6.54. The third-order valence-electron chi connectivity index (χ3n) is 3.86. The maximum absolute atomic E-state index is 12.4. The van der Waals surface area contributed by atoms with Gasteiger partial charge in [-0.25, -0.2) is 0 Å². The van der Waals surface area contributed by atoms with Crippen LogP contribution in [0.2, 0.25) is 0 Å². The van der Waals surface area contributed by atoms with Crippen molar-refractivity contribution in [2.75, 3.05) is 0 Å². The predicted molar refractivity (Wildman–Crippen MR) is 105 cm³/mol. The van der Waals surface area contributed by atoms with Crippen LogP contribution in [-0.4, -0.2) is 17.9 Å². The van der Waals surface area contributed by atoms with Crippen LogP contribution in [-0.2, 0) is 11.2 Å². The lowest BCUT2D eigenvalue weighted by atomic mass is 10.1. The number of carbonyl (C=O) groups is 2. The van der Waals surface area contributed by atoms with E-state index >= 15 is 0 Å². The number of carbonyl (C=O) groups excluding carboxylic acids is 2. The summed E-state index contributed by atoms with van der Waals surface area (Å²) in [7, 11) is 0. The Labute approximate surface area is 162 Å². The van der Waals surface area contributed by atoms with Crippen molar-refractivity contribution in [2.24, 2.45) is 0 Å². The average Bonchev–Trinajstić information content (AvgIpc) is 2.67. The van der Waals surface area contributed by atoms with E-state index < -0.39 is 6.10 Å². The molecule has 6 heteroatoms. The summed E-state index contributed by atoms with van der Waals surface area (Å²) in [5, 5.41) is 0. The first-order valence-corrected chi connectivity index (χ1v) is 9.44. The molecule has 0 aliphatic carbocycles. The number of rotatable bonds is 7. The van der Waals surface area contributed by atoms with E-state index in [1.54, 1.807) is 24.3 Å². The van der Waals surface area contributed by atoms with E-state index in [1.807, 2.05) is 31.2 Å². The smallest absolute Gasteiger partial charge is 0.279 e. The lowest BCUT2D eigenvalue weighted by Gasteiger charge is -2.18. The molecule has 0 fully saturated rings. The molecule has 0 aliphatic rings. The van der Waals surface area contributed by atoms with Gasteiger partial charge in [0.15, 0.2) is 6.10 Å². The van der Waals surface area contributed by atoms with Crippen LogP contribution in [0, 0.1) is 0 Å². The second-order valence-electron chi connectivity index (χ2n) is 5.84. The molecule has 5 nitrogen and oxygen atoms in total. The number of nitrogens with one attached hydrogen (secondary N) is 2. The molecule has 26 heavy (non-hydrogen) atoms. The van der Waals surface area contributed by atoms with Crippen LogP contribution in [0.3, 0.4) is 0 Å². The van der Waals surface area contributed by atoms with Gasteiger partial charge in [0, 0.05) is 10.0 Å². The van der Waals surface area contributed by atoms with E-state index in [1.165, 1.54) is 0 Å². The van der Waals surface area contributed by atoms with Gasteiger partial charge in [-0.1, -0.05) is 48.3 Å². The Bertz CT molecular complexity index is 730. The third-order valence-corrected chi connectivity index (χ3v) is 4.39. The van der Waals surface area contributed by atoms with Crippen molar-refractivity contribution >= 4 is 27.7 Å². The summed E-state index contributed by atoms with van der Waals surface area (Å²) < 4.78 is 6.69. The highest BCUT2D eigenvalue weighted by molar-refractivity contribution is 9.10. The monoisotopic (exact) mass is 418 g/mol. The fourth-order valence-electron chi connectivity index (χ4n) is 2.35. The fraction of sp³-hybridized carbons (Fsp3) is 0.300. The first-order valence-electron chi connectivity index (χ1n) is 8.64. The molecular weight excluding hydrogens is 396 g/mol. The zero-order chi connectivity index (χ0) is 18.9. The summed E-state index contributed by atoms with van der Waals surface area (Å²) >= 11 is 3.36. The Morgan fingerprint density at radius 1 is 1.00 bits per heavy atom. The third kappa shape index (κ3) is 5.88. The SMILES string of the molecule is CCC[C@@H](Oc1ccc(Br)cc1)C(=O)NNC(=O)c1ccc(CC)cc1. The van der Waals surface area contributed by atoms with Crippen LogP contribution in [0.5, 0.6) is 5.75 Å². The summed E-state index contributed by atoms with van der Waals surface area (Å²) in [4.78, 5) is 24.5. The molecule has 0 saturated heterocycles. The second kappa shape index (κ2) is 9.97. The number of amides is 2. The first-order chi connectivity index (χ1) is 12.5. The van der Waals surface area contributed by atoms with Crippen LogP contribution in [0.25, 0.3) is 0 Å². The lowest BCUT2D eigenvalue weighted by Crippen LogP contribution is -2.48. The van der Waals surface area contributed by atoms with Gasteiger partial charge in [0.05, 0.1) is 0 Å². The van der Waals surface area contributed by atoms with E-state index in [-0.39, 0.29) is 11.8 Å². The molecule has 2 aromatic carbocycles. The number of hydrogen-bond acceptors (Lipinski definition) is 3. The Hall–Kier alpha value is -2.34. The highest BCUT2D eigenvalue weighted by Crippen LogP contribution is 2.18. The van der Waals surface area contributed by atoms with Gasteiger partial charge in [0.25, 0.3) is 11.8 Å². The Kier molecular flexibility index (Phi) is 7.66.